The van der Waals surface area contributed by atoms with Crippen molar-refractivity contribution in [1.29, 1.82) is 0 Å². The van der Waals surface area contributed by atoms with Gasteiger partial charge in [-0.25, -0.2) is 4.98 Å². The van der Waals surface area contributed by atoms with Gasteiger partial charge in [-0.1, -0.05) is 0 Å². The summed E-state index contributed by atoms with van der Waals surface area (Å²) in [5, 5.41) is 3.06. The Hall–Kier alpha value is -1.09. The Morgan fingerprint density at radius 2 is 2.33 bits per heavy atom. The van der Waals surface area contributed by atoms with E-state index in [9.17, 15) is 4.79 Å². The third-order valence-corrected chi connectivity index (χ3v) is 1.75. The molecule has 0 aromatic carbocycles. The van der Waals surface area contributed by atoms with Gasteiger partial charge in [-0.15, -0.1) is 12.4 Å². The summed E-state index contributed by atoms with van der Waals surface area (Å²) in [5.41, 5.74) is 0.721. The highest BCUT2D eigenvalue weighted by Crippen LogP contribution is 2.17. The van der Waals surface area contributed by atoms with Gasteiger partial charge >= 0.3 is 0 Å². The molecule has 0 unspecified atom stereocenters. The Balaban J connectivity index is 0.000000720. The van der Waals surface area contributed by atoms with Crippen LogP contribution in [0.25, 0.3) is 0 Å². The molecule has 1 aromatic rings. The Kier molecular flexibility index (Phi) is 2.65. The van der Waals surface area contributed by atoms with Crippen molar-refractivity contribution in [2.75, 3.05) is 11.9 Å². The quantitative estimate of drug-likeness (QED) is 0.665. The normalized spacial score (nSPS) is 14.2. The van der Waals surface area contributed by atoms with Gasteiger partial charge < -0.3 is 5.32 Å². The Morgan fingerprint density at radius 3 is 3.08 bits per heavy atom. The lowest BCUT2D eigenvalue weighted by Crippen LogP contribution is -2.18. The molecule has 1 aromatic heterocycles. The van der Waals surface area contributed by atoms with E-state index in [1.54, 1.807) is 18.3 Å². The zero-order valence-electron chi connectivity index (χ0n) is 6.41. The van der Waals surface area contributed by atoms with E-state index in [4.69, 9.17) is 0 Å². The minimum absolute atomic E-state index is 0. The number of rotatable bonds is 0. The predicted molar refractivity (Wildman–Crippen MR) is 48.9 cm³/mol. The maximum absolute atomic E-state index is 11.2. The summed E-state index contributed by atoms with van der Waals surface area (Å²) in [7, 11) is 0. The molecule has 2 rings (SSSR count). The van der Waals surface area contributed by atoms with Crippen molar-refractivity contribution < 1.29 is 4.79 Å². The smallest absolute Gasteiger partial charge is 0.168 e. The average Bonchev–Trinajstić information content (AvgIpc) is 2.06. The second kappa shape index (κ2) is 3.54. The number of Topliss-reactive ketones (excluding diaryl/α,β-unsaturated/α-hetero) is 1. The number of hydrogen-bond donors (Lipinski definition) is 1. The first-order valence-electron chi connectivity index (χ1n) is 3.60. The van der Waals surface area contributed by atoms with Gasteiger partial charge in [-0.2, -0.15) is 0 Å². The van der Waals surface area contributed by atoms with Gasteiger partial charge in [0.2, 0.25) is 0 Å². The molecular weight excluding hydrogens is 176 g/mol. The van der Waals surface area contributed by atoms with E-state index < -0.39 is 0 Å². The fourth-order valence-electron chi connectivity index (χ4n) is 1.20. The summed E-state index contributed by atoms with van der Waals surface area (Å²) < 4.78 is 0. The number of hydrogen-bond acceptors (Lipinski definition) is 3. The van der Waals surface area contributed by atoms with Crippen LogP contribution in [0.3, 0.4) is 0 Å². The monoisotopic (exact) mass is 184 g/mol. The molecule has 0 aliphatic carbocycles. The van der Waals surface area contributed by atoms with Crippen LogP contribution in [-0.2, 0) is 0 Å². The molecule has 0 radical (unpaired) electrons. The number of ketones is 1. The van der Waals surface area contributed by atoms with E-state index >= 15 is 0 Å². The first kappa shape index (κ1) is 9.00. The molecule has 0 saturated heterocycles. The lowest BCUT2D eigenvalue weighted by molar-refractivity contribution is 0.0983. The van der Waals surface area contributed by atoms with Crippen LogP contribution in [0.15, 0.2) is 18.3 Å². The molecule has 0 fully saturated rings. The van der Waals surface area contributed by atoms with Gasteiger partial charge in [-0.05, 0) is 12.1 Å². The zero-order chi connectivity index (χ0) is 7.68. The SMILES string of the molecule is Cl.O=C1CCNc2ncccc21. The van der Waals surface area contributed by atoms with Gasteiger partial charge in [0.1, 0.15) is 5.82 Å². The molecule has 1 N–H and O–H groups in total. The van der Waals surface area contributed by atoms with Crippen LogP contribution in [0, 0.1) is 0 Å². The van der Waals surface area contributed by atoms with Crippen molar-refractivity contribution in [3.63, 3.8) is 0 Å². The number of anilines is 1. The predicted octanol–water partition coefficient (Wildman–Crippen LogP) is 1.50. The van der Waals surface area contributed by atoms with E-state index in [2.05, 4.69) is 10.3 Å². The molecule has 1 aliphatic rings. The first-order chi connectivity index (χ1) is 5.38. The Labute approximate surface area is 76.6 Å². The largest absolute Gasteiger partial charge is 0.369 e. The van der Waals surface area contributed by atoms with Crippen LogP contribution < -0.4 is 5.32 Å². The summed E-state index contributed by atoms with van der Waals surface area (Å²) >= 11 is 0. The molecule has 4 heteroatoms. The van der Waals surface area contributed by atoms with Crippen molar-refractivity contribution in [3.8, 4) is 0 Å². The third-order valence-electron chi connectivity index (χ3n) is 1.75. The van der Waals surface area contributed by atoms with Crippen molar-refractivity contribution in [3.05, 3.63) is 23.9 Å². The average molecular weight is 185 g/mol. The number of halogens is 1. The maximum atomic E-state index is 11.2. The molecule has 0 saturated carbocycles. The standard InChI is InChI=1S/C8H8N2O.ClH/c11-7-3-5-10-8-6(7)2-1-4-9-8;/h1-2,4H,3,5H2,(H,9,10);1H. The van der Waals surface area contributed by atoms with Crippen LogP contribution in [0.1, 0.15) is 16.8 Å². The molecule has 64 valence electrons. The number of nitrogens with one attached hydrogen (secondary N) is 1. The number of carbonyl (C=O) groups excluding carboxylic acids is 1. The Bertz CT molecular complexity index is 301. The first-order valence-corrected chi connectivity index (χ1v) is 3.60. The van der Waals surface area contributed by atoms with Crippen molar-refractivity contribution >= 4 is 24.0 Å². The highest BCUT2D eigenvalue weighted by Gasteiger charge is 2.15. The molecule has 1 aliphatic heterocycles. The topological polar surface area (TPSA) is 42.0 Å². The lowest BCUT2D eigenvalue weighted by atomic mass is 10.1. The highest BCUT2D eigenvalue weighted by molar-refractivity contribution is 6.01. The number of aromatic nitrogens is 1. The second-order valence-corrected chi connectivity index (χ2v) is 2.50. The summed E-state index contributed by atoms with van der Waals surface area (Å²) in [6, 6.07) is 3.58. The van der Waals surface area contributed by atoms with Gasteiger partial charge in [0.25, 0.3) is 0 Å². The van der Waals surface area contributed by atoms with Gasteiger partial charge in [0.05, 0.1) is 5.56 Å². The van der Waals surface area contributed by atoms with Gasteiger partial charge in [-0.3, -0.25) is 4.79 Å². The second-order valence-electron chi connectivity index (χ2n) is 2.50. The van der Waals surface area contributed by atoms with Crippen molar-refractivity contribution in [2.45, 2.75) is 6.42 Å². The number of pyridine rings is 1. The molecule has 12 heavy (non-hydrogen) atoms. The Morgan fingerprint density at radius 1 is 1.50 bits per heavy atom. The van der Waals surface area contributed by atoms with Crippen LogP contribution in [0.4, 0.5) is 5.82 Å². The number of nitrogens with zero attached hydrogens (tertiary/aromatic N) is 1. The van der Waals surface area contributed by atoms with Crippen LogP contribution in [-0.4, -0.2) is 17.3 Å². The van der Waals surface area contributed by atoms with Crippen LogP contribution in [0.5, 0.6) is 0 Å². The van der Waals surface area contributed by atoms with Crippen LogP contribution in [0.2, 0.25) is 0 Å². The minimum Gasteiger partial charge on any atom is -0.369 e. The fraction of sp³-hybridized carbons (Fsp3) is 0.250. The summed E-state index contributed by atoms with van der Waals surface area (Å²) in [6.45, 7) is 0.711. The fourth-order valence-corrected chi connectivity index (χ4v) is 1.20. The van der Waals surface area contributed by atoms with E-state index in [-0.39, 0.29) is 18.2 Å². The summed E-state index contributed by atoms with van der Waals surface area (Å²) in [4.78, 5) is 15.2. The minimum atomic E-state index is 0. The maximum Gasteiger partial charge on any atom is 0.168 e. The summed E-state index contributed by atoms with van der Waals surface area (Å²) in [5.74, 6) is 0.913. The van der Waals surface area contributed by atoms with Crippen molar-refractivity contribution in [2.24, 2.45) is 0 Å². The van der Waals surface area contributed by atoms with Gasteiger partial charge in [0, 0.05) is 19.2 Å². The van der Waals surface area contributed by atoms with E-state index in [1.807, 2.05) is 0 Å². The molecular formula is C8H9ClN2O. The molecule has 0 bridgehead atoms. The molecule has 3 nitrogen and oxygen atoms in total. The zero-order valence-corrected chi connectivity index (χ0v) is 7.23. The van der Waals surface area contributed by atoms with Gasteiger partial charge in [0.15, 0.2) is 5.78 Å². The summed E-state index contributed by atoms with van der Waals surface area (Å²) in [6.07, 6.45) is 2.27. The van der Waals surface area contributed by atoms with E-state index in [0.717, 1.165) is 11.4 Å². The van der Waals surface area contributed by atoms with Crippen molar-refractivity contribution in [1.82, 2.24) is 4.98 Å². The molecule has 0 atom stereocenters. The molecule has 0 spiro atoms. The number of carbonyl (C=O) groups is 1. The lowest BCUT2D eigenvalue weighted by Gasteiger charge is -2.14. The molecule has 2 heterocycles. The van der Waals surface area contributed by atoms with E-state index in [0.29, 0.717) is 13.0 Å². The third kappa shape index (κ3) is 1.41. The number of fused-ring (bicyclic) bond motifs is 1. The molecule has 0 amide bonds. The van der Waals surface area contributed by atoms with Crippen LogP contribution >= 0.6 is 12.4 Å². The highest BCUT2D eigenvalue weighted by atomic mass is 35.5. The van der Waals surface area contributed by atoms with E-state index in [1.165, 1.54) is 0 Å².